The van der Waals surface area contributed by atoms with E-state index in [-0.39, 0.29) is 0 Å². The third-order valence-corrected chi connectivity index (χ3v) is 14.2. The Hall–Kier alpha value is -2.25. The molecule has 1 aliphatic carbocycles. The number of hydrogen-bond donors (Lipinski definition) is 1. The van der Waals surface area contributed by atoms with Crippen LogP contribution in [0.4, 0.5) is 0 Å². The normalized spacial score (nSPS) is 23.7. The minimum absolute atomic E-state index is 0.504. The summed E-state index contributed by atoms with van der Waals surface area (Å²) in [7, 11) is -2.70. The second-order valence-corrected chi connectivity index (χ2v) is 14.2. The van der Waals surface area contributed by atoms with E-state index in [4.69, 9.17) is 0 Å². The Bertz CT molecular complexity index is 844. The quantitative estimate of drug-likeness (QED) is 0.348. The number of allylic oxidation sites excluding steroid dienone is 1. The Morgan fingerprint density at radius 1 is 0.607 bits per heavy atom. The lowest BCUT2D eigenvalue weighted by molar-refractivity contribution is 0.415. The first kappa shape index (κ1) is 19.1. The van der Waals surface area contributed by atoms with Crippen LogP contribution in [0.2, 0.25) is 0 Å². The van der Waals surface area contributed by atoms with Gasteiger partial charge < -0.3 is 0 Å². The van der Waals surface area contributed by atoms with E-state index in [1.165, 1.54) is 21.1 Å². The van der Waals surface area contributed by atoms with Crippen LogP contribution in [0.1, 0.15) is 20.3 Å². The van der Waals surface area contributed by atoms with Crippen molar-refractivity contribution in [2.75, 3.05) is 6.26 Å². The first-order valence-electron chi connectivity index (χ1n) is 10.4. The van der Waals surface area contributed by atoms with Crippen LogP contribution in [0.25, 0.3) is 0 Å². The number of benzene rings is 3. The zero-order valence-corrected chi connectivity index (χ0v) is 18.1. The minimum Gasteiger partial charge on any atom is -0.217 e. The first-order chi connectivity index (χ1) is 13.6. The summed E-state index contributed by atoms with van der Waals surface area (Å²) in [4.78, 5) is 4.46. The molecule has 0 saturated carbocycles. The molecule has 1 aliphatic rings. The van der Waals surface area contributed by atoms with Gasteiger partial charge in [0.2, 0.25) is 0 Å². The second-order valence-electron chi connectivity index (χ2n) is 8.68. The molecule has 28 heavy (non-hydrogen) atoms. The fraction of sp³-hybridized carbons (Fsp3) is 0.259. The van der Waals surface area contributed by atoms with E-state index in [2.05, 4.69) is 123 Å². The monoisotopic (exact) mass is 388 g/mol. The van der Waals surface area contributed by atoms with Crippen molar-refractivity contribution in [3.63, 3.8) is 0 Å². The maximum Gasteiger partial charge on any atom is 0.00403 e. The highest BCUT2D eigenvalue weighted by Crippen LogP contribution is 2.86. The second kappa shape index (κ2) is 7.29. The van der Waals surface area contributed by atoms with E-state index >= 15 is 0 Å². The third kappa shape index (κ3) is 2.76. The summed E-state index contributed by atoms with van der Waals surface area (Å²) in [6.45, 7) is 4.78. The van der Waals surface area contributed by atoms with Crippen molar-refractivity contribution in [3.8, 4) is 0 Å². The largest absolute Gasteiger partial charge is 0.217 e. The lowest BCUT2D eigenvalue weighted by Gasteiger charge is -2.65. The molecule has 0 aliphatic heterocycles. The highest BCUT2D eigenvalue weighted by molar-refractivity contribution is 8.49. The van der Waals surface area contributed by atoms with Crippen LogP contribution in [0.5, 0.6) is 0 Å². The molecule has 4 rings (SSSR count). The summed E-state index contributed by atoms with van der Waals surface area (Å²) >= 11 is 0. The molecule has 3 unspecified atom stereocenters. The van der Waals surface area contributed by atoms with E-state index in [0.717, 1.165) is 0 Å². The molecule has 1 heteroatoms. The summed E-state index contributed by atoms with van der Waals surface area (Å²) in [6.07, 6.45) is 8.85. The summed E-state index contributed by atoms with van der Waals surface area (Å²) in [5, 5.41) is 0.504. The van der Waals surface area contributed by atoms with Crippen molar-refractivity contribution in [2.45, 2.75) is 40.2 Å². The number of rotatable bonds is 4. The fourth-order valence-corrected chi connectivity index (χ4v) is 11.4. The molecular formula is C27H32S. The van der Waals surface area contributed by atoms with Crippen LogP contribution in [-0.2, 0) is 0 Å². The van der Waals surface area contributed by atoms with Gasteiger partial charge in [0, 0.05) is 5.25 Å². The predicted molar refractivity (Wildman–Crippen MR) is 125 cm³/mol. The van der Waals surface area contributed by atoms with E-state index in [9.17, 15) is 0 Å². The summed E-state index contributed by atoms with van der Waals surface area (Å²) in [6, 6.07) is 33.9. The van der Waals surface area contributed by atoms with Gasteiger partial charge in [-0.05, 0) is 39.2 Å². The van der Waals surface area contributed by atoms with Gasteiger partial charge in [0.05, 0.1) is 0 Å². The van der Waals surface area contributed by atoms with Gasteiger partial charge in [-0.25, -0.2) is 9.16 Å². The summed E-state index contributed by atoms with van der Waals surface area (Å²) in [5.41, 5.74) is 0. The summed E-state index contributed by atoms with van der Waals surface area (Å²) < 4.78 is 0. The summed E-state index contributed by atoms with van der Waals surface area (Å²) in [5.74, 6) is 1.33. The molecule has 0 fully saturated rings. The maximum atomic E-state index is 2.60. The van der Waals surface area contributed by atoms with Crippen molar-refractivity contribution in [1.29, 1.82) is 0 Å². The lowest BCUT2D eigenvalue weighted by atomic mass is 9.87. The van der Waals surface area contributed by atoms with E-state index < -0.39 is 9.16 Å². The Kier molecular flexibility index (Phi) is 4.97. The third-order valence-electron chi connectivity index (χ3n) is 7.24. The van der Waals surface area contributed by atoms with Crippen molar-refractivity contribution < 1.29 is 0 Å². The Morgan fingerprint density at radius 2 is 1.00 bits per heavy atom. The fourth-order valence-electron chi connectivity index (χ4n) is 5.10. The van der Waals surface area contributed by atoms with Crippen LogP contribution in [-0.4, -0.2) is 11.5 Å². The van der Waals surface area contributed by atoms with Gasteiger partial charge >= 0.3 is 0 Å². The highest BCUT2D eigenvalue weighted by Gasteiger charge is 2.48. The Balaban J connectivity index is 2.12. The Labute approximate surface area is 170 Å². The molecule has 3 aromatic carbocycles. The molecule has 3 atom stereocenters. The van der Waals surface area contributed by atoms with Gasteiger partial charge in [-0.2, -0.15) is 0 Å². The van der Waals surface area contributed by atoms with Gasteiger partial charge in [-0.15, -0.1) is 0 Å². The average molecular weight is 389 g/mol. The topological polar surface area (TPSA) is 0 Å². The van der Waals surface area contributed by atoms with Gasteiger partial charge in [-0.3, -0.25) is 0 Å². The zero-order chi connectivity index (χ0) is 19.6. The molecule has 0 radical (unpaired) electrons. The highest BCUT2D eigenvalue weighted by atomic mass is 32.3. The van der Waals surface area contributed by atoms with E-state index in [0.29, 0.717) is 17.1 Å². The molecule has 3 aromatic rings. The molecule has 0 aromatic heterocycles. The van der Waals surface area contributed by atoms with Crippen LogP contribution in [0, 0.1) is 11.8 Å². The van der Waals surface area contributed by atoms with Crippen molar-refractivity contribution in [3.05, 3.63) is 103 Å². The SMILES string of the molecule is CC1C=CC([SH](C)(c2ccccc2)(c2ccccc2)c2ccccc2)CC1C. The molecule has 0 bridgehead atoms. The maximum absolute atomic E-state index is 2.70. The number of thiol groups is 1. The smallest absolute Gasteiger partial charge is 0.00403 e. The van der Waals surface area contributed by atoms with Gasteiger partial charge in [0.1, 0.15) is 0 Å². The van der Waals surface area contributed by atoms with Gasteiger partial charge in [0.25, 0.3) is 0 Å². The molecular weight excluding hydrogens is 356 g/mol. The van der Waals surface area contributed by atoms with Crippen LogP contribution in [0.3, 0.4) is 0 Å². The van der Waals surface area contributed by atoms with Crippen molar-refractivity contribution >= 4 is 9.16 Å². The average Bonchev–Trinajstić information content (AvgIpc) is 2.77. The molecule has 0 saturated heterocycles. The Morgan fingerprint density at radius 3 is 1.36 bits per heavy atom. The number of hydrogen-bond acceptors (Lipinski definition) is 0. The van der Waals surface area contributed by atoms with Crippen molar-refractivity contribution in [1.82, 2.24) is 0 Å². The molecule has 0 N–H and O–H groups in total. The molecule has 0 heterocycles. The standard InChI is InChI=1S/C27H32S/c1-22-19-20-27(21-23(22)2)28(3,24-13-7-4-8-14-24,25-15-9-5-10-16-25)26-17-11-6-12-18-26/h4-20,22-23,27-28H,21H2,1-3H3. The molecule has 0 amide bonds. The molecule has 0 nitrogen and oxygen atoms in total. The lowest BCUT2D eigenvalue weighted by Crippen LogP contribution is -2.35. The minimum atomic E-state index is -2.70. The molecule has 0 spiro atoms. The van der Waals surface area contributed by atoms with Gasteiger partial charge in [-0.1, -0.05) is 117 Å². The van der Waals surface area contributed by atoms with Crippen molar-refractivity contribution in [2.24, 2.45) is 11.8 Å². The van der Waals surface area contributed by atoms with E-state index in [1.54, 1.807) is 0 Å². The van der Waals surface area contributed by atoms with Crippen LogP contribution in [0.15, 0.2) is 118 Å². The van der Waals surface area contributed by atoms with Crippen LogP contribution >= 0.6 is 9.16 Å². The zero-order valence-electron chi connectivity index (χ0n) is 17.2. The molecule has 146 valence electrons. The van der Waals surface area contributed by atoms with Crippen LogP contribution < -0.4 is 0 Å². The first-order valence-corrected chi connectivity index (χ1v) is 13.2. The van der Waals surface area contributed by atoms with Gasteiger partial charge in [0.15, 0.2) is 0 Å². The predicted octanol–water partition coefficient (Wildman–Crippen LogP) is 7.47. The van der Waals surface area contributed by atoms with E-state index in [1.807, 2.05) is 0 Å².